The van der Waals surface area contributed by atoms with Crippen molar-refractivity contribution >= 4 is 114 Å². The van der Waals surface area contributed by atoms with E-state index in [2.05, 4.69) is 206 Å². The summed E-state index contributed by atoms with van der Waals surface area (Å²) >= 11 is 3.89. The molecule has 0 saturated heterocycles. The van der Waals surface area contributed by atoms with Crippen LogP contribution in [0.2, 0.25) is 0 Å². The van der Waals surface area contributed by atoms with Crippen LogP contribution < -0.4 is 16.2 Å². The average molecular weight is 915 g/mol. The monoisotopic (exact) mass is 914 g/mol. The molecule has 3 aromatic heterocycles. The van der Waals surface area contributed by atoms with E-state index in [0.717, 1.165) is 18.7 Å². The lowest BCUT2D eigenvalue weighted by molar-refractivity contribution is 0.332. The van der Waals surface area contributed by atoms with Gasteiger partial charge in [-0.05, 0) is 145 Å². The Balaban J connectivity index is 1.06. The van der Waals surface area contributed by atoms with Crippen molar-refractivity contribution in [1.29, 1.82) is 0 Å². The minimum absolute atomic E-state index is 0.0761. The summed E-state index contributed by atoms with van der Waals surface area (Å²) in [5.41, 5.74) is 21.8. The van der Waals surface area contributed by atoms with Crippen LogP contribution in [0.1, 0.15) is 103 Å². The highest BCUT2D eigenvalue weighted by molar-refractivity contribution is 7.26. The molecule has 5 heteroatoms. The lowest BCUT2D eigenvalue weighted by Crippen LogP contribution is -2.37. The first kappa shape index (κ1) is 40.9. The predicted molar refractivity (Wildman–Crippen MR) is 300 cm³/mol. The second-order valence-corrected chi connectivity index (χ2v) is 25.4. The summed E-state index contributed by atoms with van der Waals surface area (Å²) < 4.78 is 8.09. The van der Waals surface area contributed by atoms with Crippen molar-refractivity contribution in [3.8, 4) is 27.9 Å². The zero-order valence-electron chi connectivity index (χ0n) is 40.6. The first-order chi connectivity index (χ1) is 32.5. The Kier molecular flexibility index (Phi) is 8.15. The Bertz CT molecular complexity index is 4030. The second-order valence-electron chi connectivity index (χ2n) is 23.3. The molecular formula is C63H55BN2S2. The van der Waals surface area contributed by atoms with Crippen LogP contribution in [0.5, 0.6) is 0 Å². The molecule has 0 radical (unpaired) electrons. The van der Waals surface area contributed by atoms with E-state index in [9.17, 15) is 0 Å². The van der Waals surface area contributed by atoms with Crippen molar-refractivity contribution in [2.75, 3.05) is 5.32 Å². The highest BCUT2D eigenvalue weighted by atomic mass is 32.1. The number of nitrogens with one attached hydrogen (secondary N) is 1. The van der Waals surface area contributed by atoms with E-state index in [0.29, 0.717) is 0 Å². The summed E-state index contributed by atoms with van der Waals surface area (Å²) in [6.07, 6.45) is 2.41. The molecular weight excluding hydrogens is 860 g/mol. The largest absolute Gasteiger partial charge is 0.355 e. The minimum Gasteiger partial charge on any atom is -0.355 e. The maximum Gasteiger partial charge on any atom is 0.198 e. The number of fused-ring (bicyclic) bond motifs is 15. The van der Waals surface area contributed by atoms with Gasteiger partial charge in [-0.25, -0.2) is 0 Å². The van der Waals surface area contributed by atoms with E-state index in [1.807, 2.05) is 22.7 Å². The van der Waals surface area contributed by atoms with E-state index in [1.54, 1.807) is 0 Å². The van der Waals surface area contributed by atoms with Gasteiger partial charge < -0.3 is 9.88 Å². The van der Waals surface area contributed by atoms with Crippen molar-refractivity contribution in [2.45, 2.75) is 96.8 Å². The fourth-order valence-electron chi connectivity index (χ4n) is 12.8. The van der Waals surface area contributed by atoms with Crippen LogP contribution >= 0.6 is 22.7 Å². The van der Waals surface area contributed by atoms with E-state index >= 15 is 0 Å². The van der Waals surface area contributed by atoms with Gasteiger partial charge in [0.2, 0.25) is 0 Å². The molecule has 0 fully saturated rings. The second kappa shape index (κ2) is 13.6. The smallest absolute Gasteiger partial charge is 0.198 e. The number of anilines is 2. The topological polar surface area (TPSA) is 17.0 Å². The van der Waals surface area contributed by atoms with Gasteiger partial charge in [-0.1, -0.05) is 141 Å². The van der Waals surface area contributed by atoms with Gasteiger partial charge in [-0.2, -0.15) is 0 Å². The quantitative estimate of drug-likeness (QED) is 0.175. The Morgan fingerprint density at radius 1 is 0.515 bits per heavy atom. The molecule has 14 rings (SSSR count). The summed E-state index contributed by atoms with van der Waals surface area (Å²) in [7, 11) is 0.855. The molecule has 8 aromatic carbocycles. The third-order valence-corrected chi connectivity index (χ3v) is 19.1. The summed E-state index contributed by atoms with van der Waals surface area (Å²) in [6.45, 7) is 21.5. The Labute approximate surface area is 407 Å². The van der Waals surface area contributed by atoms with Crippen molar-refractivity contribution in [3.05, 3.63) is 161 Å². The number of rotatable bonds is 3. The van der Waals surface area contributed by atoms with Gasteiger partial charge in [0.05, 0.1) is 5.52 Å². The molecule has 68 heavy (non-hydrogen) atoms. The summed E-state index contributed by atoms with van der Waals surface area (Å²) in [6, 6.07) is 52.4. The van der Waals surface area contributed by atoms with Crippen LogP contribution in [0.4, 0.5) is 11.4 Å². The average Bonchev–Trinajstić information content (AvgIpc) is 4.03. The maximum absolute atomic E-state index is 4.05. The van der Waals surface area contributed by atoms with E-state index in [4.69, 9.17) is 0 Å². The number of benzene rings is 8. The summed E-state index contributed by atoms with van der Waals surface area (Å²) in [5, 5.41) is 12.1. The molecule has 0 unspecified atom stereocenters. The zero-order chi connectivity index (χ0) is 46.4. The fourth-order valence-corrected chi connectivity index (χ4v) is 15.1. The minimum atomic E-state index is -0.103. The van der Waals surface area contributed by atoms with E-state index in [1.165, 1.54) is 142 Å². The summed E-state index contributed by atoms with van der Waals surface area (Å²) in [5.74, 6) is 0. The van der Waals surface area contributed by atoms with Crippen LogP contribution in [0, 0.1) is 0 Å². The number of hydrogen-bond acceptors (Lipinski definition) is 3. The number of nitrogens with zero attached hydrogens (tertiary/aromatic N) is 1. The van der Waals surface area contributed by atoms with E-state index in [-0.39, 0.29) is 21.7 Å². The number of thiophene rings is 2. The zero-order valence-corrected chi connectivity index (χ0v) is 42.2. The first-order valence-electron chi connectivity index (χ1n) is 24.7. The van der Waals surface area contributed by atoms with Crippen LogP contribution in [0.15, 0.2) is 133 Å². The lowest BCUT2D eigenvalue weighted by atomic mass is 9.59. The molecule has 1 aliphatic heterocycles. The van der Waals surface area contributed by atoms with Gasteiger partial charge in [0.15, 0.2) is 7.28 Å². The Morgan fingerprint density at radius 3 is 1.99 bits per heavy atom. The molecule has 0 saturated carbocycles. The number of hydrogen-bond donors (Lipinski definition) is 1. The first-order valence-corrected chi connectivity index (χ1v) is 26.3. The molecule has 0 bridgehead atoms. The van der Waals surface area contributed by atoms with Crippen LogP contribution in [0.25, 0.3) is 90.1 Å². The van der Waals surface area contributed by atoms with Crippen molar-refractivity contribution < 1.29 is 0 Å². The van der Waals surface area contributed by atoms with Crippen molar-refractivity contribution in [3.63, 3.8) is 0 Å². The normalized spacial score (nSPS) is 16.4. The SMILES string of the molecule is CC(C)(C)c1ccc(Nc2cc3c(cc2-c2ccc4c5cc6c(cc5n5c4c2Bc2cc4c(cc2-5)sc2ccccc24)C(C)(C)c2ccccc2-6)sc2cc4c(cc23)C(C)(C)CCC4(C)C)cc1. The molecule has 2 nitrogen and oxygen atoms in total. The van der Waals surface area contributed by atoms with Crippen LogP contribution in [-0.4, -0.2) is 11.8 Å². The Hall–Kier alpha value is -6.14. The molecule has 0 spiro atoms. The third-order valence-electron chi connectivity index (χ3n) is 16.8. The molecule has 332 valence electrons. The summed E-state index contributed by atoms with van der Waals surface area (Å²) in [4.78, 5) is 0. The van der Waals surface area contributed by atoms with Gasteiger partial charge in [0.1, 0.15) is 0 Å². The van der Waals surface area contributed by atoms with Crippen LogP contribution in [-0.2, 0) is 21.7 Å². The highest BCUT2D eigenvalue weighted by Gasteiger charge is 2.39. The molecule has 1 N–H and O–H groups in total. The highest BCUT2D eigenvalue weighted by Crippen LogP contribution is 2.53. The van der Waals surface area contributed by atoms with Gasteiger partial charge in [-0.3, -0.25) is 0 Å². The van der Waals surface area contributed by atoms with Crippen molar-refractivity contribution in [2.24, 2.45) is 0 Å². The molecule has 0 amide bonds. The molecule has 0 atom stereocenters. The third kappa shape index (κ3) is 5.64. The Morgan fingerprint density at radius 2 is 1.19 bits per heavy atom. The molecule has 4 heterocycles. The van der Waals surface area contributed by atoms with Crippen molar-refractivity contribution in [1.82, 2.24) is 4.57 Å². The van der Waals surface area contributed by atoms with Gasteiger partial charge in [-0.15, -0.1) is 22.7 Å². The van der Waals surface area contributed by atoms with Gasteiger partial charge in [0.25, 0.3) is 0 Å². The fraction of sp³-hybridized carbons (Fsp3) is 0.238. The molecule has 2 aliphatic carbocycles. The van der Waals surface area contributed by atoms with Crippen LogP contribution in [0.3, 0.4) is 0 Å². The predicted octanol–water partition coefficient (Wildman–Crippen LogP) is 16.6. The van der Waals surface area contributed by atoms with Gasteiger partial charge in [0, 0.05) is 79.3 Å². The van der Waals surface area contributed by atoms with E-state index < -0.39 is 0 Å². The maximum atomic E-state index is 4.05. The standard InChI is InChI=1S/C63H55BN2S2/c1-60(2,3)34-18-20-35(21-19-34)65-51-29-45-43-27-48-49(62(6,7)25-24-61(48,4)5)32-56(43)68-55(45)30-41(51)38-22-23-39-42-26-40-36-14-10-12-16-46(36)63(8,9)47(40)31-52(42)66-53-33-57-44(28-50(53)64-58(38)59(39)66)37-15-11-13-17-54(37)67-57/h10-23,26-33,64-65H,24-25H2,1-9H3. The van der Waals surface area contributed by atoms with Gasteiger partial charge >= 0.3 is 0 Å². The molecule has 3 aliphatic rings. The number of aromatic nitrogens is 1. The lowest BCUT2D eigenvalue weighted by Gasteiger charge is -2.41. The molecule has 11 aromatic rings.